The Hall–Kier alpha value is -1.64. The zero-order chi connectivity index (χ0) is 22.2. The van der Waals surface area contributed by atoms with Crippen LogP contribution in [-0.2, 0) is 17.8 Å². The van der Waals surface area contributed by atoms with Crippen LogP contribution in [0.3, 0.4) is 0 Å². The molecular weight excluding hydrogens is 439 g/mol. The van der Waals surface area contributed by atoms with Crippen LogP contribution in [0.25, 0.3) is 0 Å². The van der Waals surface area contributed by atoms with Crippen LogP contribution in [-0.4, -0.2) is 66.1 Å². The first-order chi connectivity index (χ1) is 15.0. The number of oxazole rings is 1. The highest BCUT2D eigenvalue weighted by Crippen LogP contribution is 2.24. The number of morpholine rings is 1. The number of ether oxygens (including phenoxy) is 1. The molecule has 7 nitrogen and oxygen atoms in total. The van der Waals surface area contributed by atoms with E-state index in [1.54, 1.807) is 6.07 Å². The molecule has 1 atom stereocenters. The third-order valence-electron chi connectivity index (χ3n) is 5.54. The number of nitrogens with zero attached hydrogens (tertiary/aromatic N) is 3. The maximum atomic E-state index is 12.4. The number of benzene rings is 1. The van der Waals surface area contributed by atoms with E-state index in [9.17, 15) is 4.79 Å². The average Bonchev–Trinajstić information content (AvgIpc) is 3.24. The third kappa shape index (κ3) is 7.19. The molecular formula is C22H30Cl2N4O3. The van der Waals surface area contributed by atoms with Crippen molar-refractivity contribution in [2.75, 3.05) is 39.4 Å². The van der Waals surface area contributed by atoms with Crippen molar-refractivity contribution < 1.29 is 13.9 Å². The summed E-state index contributed by atoms with van der Waals surface area (Å²) in [6, 6.07) is 5.80. The SMILES string of the molecule is CCC(C)N(Cc1nc(C(=O)NCCN2CCOCC2)co1)Cc1ccc(Cl)cc1Cl. The molecule has 1 aromatic carbocycles. The van der Waals surface area contributed by atoms with Crippen molar-refractivity contribution in [1.29, 1.82) is 0 Å². The predicted octanol–water partition coefficient (Wildman–Crippen LogP) is 3.84. The molecule has 0 aliphatic carbocycles. The Morgan fingerprint density at radius 3 is 2.77 bits per heavy atom. The fourth-order valence-corrected chi connectivity index (χ4v) is 3.87. The zero-order valence-electron chi connectivity index (χ0n) is 18.1. The van der Waals surface area contributed by atoms with Crippen LogP contribution < -0.4 is 5.32 Å². The first kappa shape index (κ1) is 24.0. The standard InChI is InChI=1S/C22H30Cl2N4O3/c1-3-16(2)28(13-17-4-5-18(23)12-19(17)24)14-21-26-20(15-31-21)22(29)25-6-7-27-8-10-30-11-9-27/h4-5,12,15-16H,3,6-11,13-14H2,1-2H3,(H,25,29). The summed E-state index contributed by atoms with van der Waals surface area (Å²) in [7, 11) is 0. The van der Waals surface area contributed by atoms with Crippen LogP contribution >= 0.6 is 23.2 Å². The number of rotatable bonds is 10. The quantitative estimate of drug-likeness (QED) is 0.570. The van der Waals surface area contributed by atoms with Crippen molar-refractivity contribution in [3.05, 3.63) is 51.7 Å². The van der Waals surface area contributed by atoms with Gasteiger partial charge >= 0.3 is 0 Å². The van der Waals surface area contributed by atoms with E-state index in [1.807, 2.05) is 12.1 Å². The lowest BCUT2D eigenvalue weighted by atomic mass is 10.1. The van der Waals surface area contributed by atoms with Gasteiger partial charge in [-0.3, -0.25) is 14.6 Å². The highest BCUT2D eigenvalue weighted by molar-refractivity contribution is 6.35. The molecule has 170 valence electrons. The molecule has 9 heteroatoms. The summed E-state index contributed by atoms with van der Waals surface area (Å²) in [6.45, 7) is 10.0. The number of aromatic nitrogens is 1. The Bertz CT molecular complexity index is 855. The van der Waals surface area contributed by atoms with Gasteiger partial charge in [0.15, 0.2) is 5.69 Å². The van der Waals surface area contributed by atoms with Gasteiger partial charge in [0, 0.05) is 48.8 Å². The van der Waals surface area contributed by atoms with E-state index in [0.29, 0.717) is 41.3 Å². The summed E-state index contributed by atoms with van der Waals surface area (Å²) >= 11 is 12.4. The van der Waals surface area contributed by atoms with E-state index in [0.717, 1.165) is 44.8 Å². The summed E-state index contributed by atoms with van der Waals surface area (Å²) in [5, 5.41) is 4.16. The van der Waals surface area contributed by atoms with Crippen LogP contribution in [0.4, 0.5) is 0 Å². The van der Waals surface area contributed by atoms with Gasteiger partial charge in [0.2, 0.25) is 5.89 Å². The van der Waals surface area contributed by atoms with Gasteiger partial charge in [-0.05, 0) is 31.0 Å². The lowest BCUT2D eigenvalue weighted by Crippen LogP contribution is -2.41. The van der Waals surface area contributed by atoms with Crippen molar-refractivity contribution in [2.45, 2.75) is 39.4 Å². The maximum absolute atomic E-state index is 12.4. The Labute approximate surface area is 193 Å². The summed E-state index contributed by atoms with van der Waals surface area (Å²) in [6.07, 6.45) is 2.38. The Morgan fingerprint density at radius 2 is 2.06 bits per heavy atom. The molecule has 1 aromatic heterocycles. The molecule has 1 saturated heterocycles. The summed E-state index contributed by atoms with van der Waals surface area (Å²) < 4.78 is 10.9. The largest absolute Gasteiger partial charge is 0.447 e. The molecule has 1 fully saturated rings. The lowest BCUT2D eigenvalue weighted by molar-refractivity contribution is 0.0383. The van der Waals surface area contributed by atoms with Gasteiger partial charge < -0.3 is 14.5 Å². The van der Waals surface area contributed by atoms with Gasteiger partial charge in [-0.15, -0.1) is 0 Å². The molecule has 0 radical (unpaired) electrons. The molecule has 1 amide bonds. The highest BCUT2D eigenvalue weighted by atomic mass is 35.5. The van der Waals surface area contributed by atoms with Crippen LogP contribution in [0, 0.1) is 0 Å². The van der Waals surface area contributed by atoms with Gasteiger partial charge in [-0.1, -0.05) is 36.2 Å². The van der Waals surface area contributed by atoms with E-state index in [2.05, 4.69) is 33.9 Å². The highest BCUT2D eigenvalue weighted by Gasteiger charge is 2.19. The predicted molar refractivity (Wildman–Crippen MR) is 122 cm³/mol. The normalized spacial score (nSPS) is 15.9. The van der Waals surface area contributed by atoms with Crippen molar-refractivity contribution >= 4 is 29.1 Å². The minimum Gasteiger partial charge on any atom is -0.447 e. The number of carbonyl (C=O) groups is 1. The summed E-state index contributed by atoms with van der Waals surface area (Å²) in [5.74, 6) is 0.280. The number of halogens is 2. The van der Waals surface area contributed by atoms with Gasteiger partial charge in [0.25, 0.3) is 5.91 Å². The third-order valence-corrected chi connectivity index (χ3v) is 6.13. The van der Waals surface area contributed by atoms with Crippen molar-refractivity contribution in [3.8, 4) is 0 Å². The van der Waals surface area contributed by atoms with Crippen LogP contribution in [0.5, 0.6) is 0 Å². The minimum absolute atomic E-state index is 0.223. The molecule has 2 heterocycles. The molecule has 2 aromatic rings. The average molecular weight is 469 g/mol. The number of hydrogen-bond acceptors (Lipinski definition) is 6. The molecule has 1 aliphatic heterocycles. The van der Waals surface area contributed by atoms with Crippen molar-refractivity contribution in [1.82, 2.24) is 20.1 Å². The van der Waals surface area contributed by atoms with Gasteiger partial charge in [0.05, 0.1) is 19.8 Å². The van der Waals surface area contributed by atoms with Crippen molar-refractivity contribution in [3.63, 3.8) is 0 Å². The monoisotopic (exact) mass is 468 g/mol. The number of carbonyl (C=O) groups excluding carboxylic acids is 1. The zero-order valence-corrected chi connectivity index (χ0v) is 19.6. The molecule has 0 spiro atoms. The molecule has 0 bridgehead atoms. The molecule has 1 unspecified atom stereocenters. The first-order valence-electron chi connectivity index (χ1n) is 10.7. The fourth-order valence-electron chi connectivity index (χ4n) is 3.40. The minimum atomic E-state index is -0.223. The summed E-state index contributed by atoms with van der Waals surface area (Å²) in [4.78, 5) is 21.3. The molecule has 1 N–H and O–H groups in total. The lowest BCUT2D eigenvalue weighted by Gasteiger charge is -2.27. The first-order valence-corrected chi connectivity index (χ1v) is 11.4. The van der Waals surface area contributed by atoms with Gasteiger partial charge in [-0.2, -0.15) is 0 Å². The molecule has 0 saturated carbocycles. The molecule has 31 heavy (non-hydrogen) atoms. The number of nitrogens with one attached hydrogen (secondary N) is 1. The van der Waals surface area contributed by atoms with E-state index in [4.69, 9.17) is 32.4 Å². The maximum Gasteiger partial charge on any atom is 0.273 e. The molecule has 1 aliphatic rings. The number of amides is 1. The van der Waals surface area contributed by atoms with Crippen LogP contribution in [0.1, 0.15) is 42.2 Å². The van der Waals surface area contributed by atoms with Gasteiger partial charge in [0.1, 0.15) is 6.26 Å². The van der Waals surface area contributed by atoms with Crippen molar-refractivity contribution in [2.24, 2.45) is 0 Å². The Kier molecular flexibility index (Phi) is 9.16. The number of hydrogen-bond donors (Lipinski definition) is 1. The second kappa shape index (κ2) is 11.8. The van der Waals surface area contributed by atoms with E-state index in [-0.39, 0.29) is 11.9 Å². The molecule has 3 rings (SSSR count). The Morgan fingerprint density at radius 1 is 1.29 bits per heavy atom. The van der Waals surface area contributed by atoms with Crippen LogP contribution in [0.2, 0.25) is 10.0 Å². The second-order valence-corrected chi connectivity index (χ2v) is 8.58. The second-order valence-electron chi connectivity index (χ2n) is 7.73. The topological polar surface area (TPSA) is 70.8 Å². The van der Waals surface area contributed by atoms with E-state index >= 15 is 0 Å². The van der Waals surface area contributed by atoms with Gasteiger partial charge in [-0.25, -0.2) is 4.98 Å². The summed E-state index contributed by atoms with van der Waals surface area (Å²) in [5.41, 5.74) is 1.28. The smallest absolute Gasteiger partial charge is 0.273 e. The van der Waals surface area contributed by atoms with E-state index in [1.165, 1.54) is 6.26 Å². The fraction of sp³-hybridized carbons (Fsp3) is 0.545. The van der Waals surface area contributed by atoms with E-state index < -0.39 is 0 Å². The Balaban J connectivity index is 1.56. The van der Waals surface area contributed by atoms with Crippen LogP contribution in [0.15, 0.2) is 28.9 Å².